The molecular weight excluding hydrogens is 468 g/mol. The number of thiazole rings is 1. The first-order valence-electron chi connectivity index (χ1n) is 11.1. The largest absolute Gasteiger partial charge is 0.422 e. The molecule has 0 amide bonds. The van der Waals surface area contributed by atoms with Crippen molar-refractivity contribution in [3.8, 4) is 10.6 Å². The predicted octanol–water partition coefficient (Wildman–Crippen LogP) is 3.66. The zero-order valence-electron chi connectivity index (χ0n) is 19.5. The van der Waals surface area contributed by atoms with E-state index in [-0.39, 0.29) is 11.3 Å². The number of aryl methyl sites for hydroxylation is 1. The van der Waals surface area contributed by atoms with E-state index >= 15 is 0 Å². The van der Waals surface area contributed by atoms with Crippen LogP contribution in [0.15, 0.2) is 39.7 Å². The third kappa shape index (κ3) is 4.53. The first kappa shape index (κ1) is 23.1. The second kappa shape index (κ2) is 9.53. The molecule has 180 valence electrons. The van der Waals surface area contributed by atoms with Crippen molar-refractivity contribution in [1.82, 2.24) is 20.3 Å². The van der Waals surface area contributed by atoms with Gasteiger partial charge in [-0.3, -0.25) is 4.79 Å². The summed E-state index contributed by atoms with van der Waals surface area (Å²) in [6.07, 6.45) is 1.26. The molecule has 10 nitrogen and oxygen atoms in total. The standard InChI is InChI=1S/C24H24N6O4S/c1-12-21(35-24(25-3)28-12)16-6-7-27-23(30-16)29-14-4-5-15-17(10-14)34-22(32)19(13(2)31)20(15)18-11-26-8-9-33-18/h4-7,10,18,26H,8-9,11H2,1-3H3,(H,25,28)(H,27,29,30). The van der Waals surface area contributed by atoms with Gasteiger partial charge in [-0.15, -0.1) is 0 Å². The van der Waals surface area contributed by atoms with Gasteiger partial charge in [0.25, 0.3) is 0 Å². The highest BCUT2D eigenvalue weighted by Crippen LogP contribution is 2.33. The van der Waals surface area contributed by atoms with Gasteiger partial charge < -0.3 is 25.1 Å². The van der Waals surface area contributed by atoms with Crippen LogP contribution in [0.2, 0.25) is 0 Å². The van der Waals surface area contributed by atoms with E-state index in [1.165, 1.54) is 18.3 Å². The lowest BCUT2D eigenvalue weighted by Crippen LogP contribution is -2.35. The number of nitrogens with zero attached hydrogens (tertiary/aromatic N) is 3. The molecule has 0 saturated carbocycles. The van der Waals surface area contributed by atoms with E-state index in [4.69, 9.17) is 9.15 Å². The number of anilines is 3. The van der Waals surface area contributed by atoms with Gasteiger partial charge in [-0.1, -0.05) is 11.3 Å². The number of Topliss-reactive ketones (excluding diaryl/α,β-unsaturated/α-hetero) is 1. The number of ketones is 1. The van der Waals surface area contributed by atoms with Crippen LogP contribution < -0.4 is 21.6 Å². The average molecular weight is 493 g/mol. The normalized spacial score (nSPS) is 15.8. The lowest BCUT2D eigenvalue weighted by atomic mass is 9.96. The fourth-order valence-corrected chi connectivity index (χ4v) is 5.03. The van der Waals surface area contributed by atoms with Gasteiger partial charge in [0.15, 0.2) is 10.9 Å². The zero-order valence-corrected chi connectivity index (χ0v) is 20.3. The number of carbonyl (C=O) groups is 1. The van der Waals surface area contributed by atoms with Crippen LogP contribution in [0.1, 0.15) is 34.6 Å². The number of hydrogen-bond acceptors (Lipinski definition) is 11. The van der Waals surface area contributed by atoms with Crippen LogP contribution in [0.25, 0.3) is 21.5 Å². The Morgan fingerprint density at radius 1 is 1.26 bits per heavy atom. The minimum atomic E-state index is -0.675. The molecule has 1 aromatic carbocycles. The molecule has 0 aliphatic carbocycles. The van der Waals surface area contributed by atoms with E-state index in [0.717, 1.165) is 27.9 Å². The van der Waals surface area contributed by atoms with E-state index < -0.39 is 11.7 Å². The van der Waals surface area contributed by atoms with Gasteiger partial charge in [0, 0.05) is 49.0 Å². The Balaban J connectivity index is 1.52. The van der Waals surface area contributed by atoms with Crippen LogP contribution in [-0.4, -0.2) is 47.5 Å². The lowest BCUT2D eigenvalue weighted by molar-refractivity contribution is 0.0277. The predicted molar refractivity (Wildman–Crippen MR) is 135 cm³/mol. The molecule has 1 aliphatic rings. The summed E-state index contributed by atoms with van der Waals surface area (Å²) in [6, 6.07) is 7.18. The molecule has 4 heterocycles. The molecule has 1 fully saturated rings. The molecular formula is C24H24N6O4S. The summed E-state index contributed by atoms with van der Waals surface area (Å²) < 4.78 is 11.4. The van der Waals surface area contributed by atoms with Gasteiger partial charge in [-0.05, 0) is 32.0 Å². The number of ether oxygens (including phenoxy) is 1. The Kier molecular flexibility index (Phi) is 6.29. The Morgan fingerprint density at radius 3 is 2.83 bits per heavy atom. The number of benzene rings is 1. The number of morpholine rings is 1. The number of carbonyl (C=O) groups excluding carboxylic acids is 1. The van der Waals surface area contributed by atoms with Crippen LogP contribution in [-0.2, 0) is 4.74 Å². The van der Waals surface area contributed by atoms with E-state index in [9.17, 15) is 9.59 Å². The summed E-state index contributed by atoms with van der Waals surface area (Å²) in [5.74, 6) is 0.0421. The molecule has 11 heteroatoms. The minimum Gasteiger partial charge on any atom is -0.422 e. The summed E-state index contributed by atoms with van der Waals surface area (Å²) in [4.78, 5) is 39.4. The molecule has 3 aromatic heterocycles. The summed E-state index contributed by atoms with van der Waals surface area (Å²) in [5.41, 5.74) is 2.53. The number of hydrogen-bond donors (Lipinski definition) is 3. The quantitative estimate of drug-likeness (QED) is 0.271. The summed E-state index contributed by atoms with van der Waals surface area (Å²) in [6.45, 7) is 5.02. The van der Waals surface area contributed by atoms with Crippen molar-refractivity contribution < 1.29 is 13.9 Å². The molecule has 0 radical (unpaired) electrons. The van der Waals surface area contributed by atoms with Gasteiger partial charge in [0.05, 0.1) is 29.0 Å². The smallest absolute Gasteiger partial charge is 0.347 e. The first-order chi connectivity index (χ1) is 16.9. The average Bonchev–Trinajstić information content (AvgIpc) is 3.24. The second-order valence-electron chi connectivity index (χ2n) is 8.08. The molecule has 0 spiro atoms. The SMILES string of the molecule is CNc1nc(C)c(-c2ccnc(Nc3ccc4c(C5CNCCO5)c(C(C)=O)c(=O)oc4c3)n2)s1. The Hall–Kier alpha value is -3.67. The van der Waals surface area contributed by atoms with E-state index in [1.807, 2.05) is 32.2 Å². The van der Waals surface area contributed by atoms with Crippen molar-refractivity contribution in [2.75, 3.05) is 37.4 Å². The Labute approximate surface area is 204 Å². The Bertz CT molecular complexity index is 1470. The highest BCUT2D eigenvalue weighted by atomic mass is 32.1. The van der Waals surface area contributed by atoms with Gasteiger partial charge in [0.2, 0.25) is 5.95 Å². The number of fused-ring (bicyclic) bond motifs is 1. The topological polar surface area (TPSA) is 131 Å². The molecule has 35 heavy (non-hydrogen) atoms. The van der Waals surface area contributed by atoms with Crippen LogP contribution in [0.4, 0.5) is 16.8 Å². The molecule has 5 rings (SSSR count). The fraction of sp³-hybridized carbons (Fsp3) is 0.292. The van der Waals surface area contributed by atoms with Crippen molar-refractivity contribution in [2.45, 2.75) is 20.0 Å². The van der Waals surface area contributed by atoms with Crippen LogP contribution >= 0.6 is 11.3 Å². The van der Waals surface area contributed by atoms with Gasteiger partial charge in [-0.2, -0.15) is 0 Å². The third-order valence-electron chi connectivity index (χ3n) is 5.70. The van der Waals surface area contributed by atoms with Crippen molar-refractivity contribution in [1.29, 1.82) is 0 Å². The van der Waals surface area contributed by atoms with Gasteiger partial charge in [-0.25, -0.2) is 19.7 Å². The molecule has 1 unspecified atom stereocenters. The summed E-state index contributed by atoms with van der Waals surface area (Å²) in [7, 11) is 1.83. The molecule has 0 bridgehead atoms. The highest BCUT2D eigenvalue weighted by molar-refractivity contribution is 7.19. The number of rotatable bonds is 6. The maximum atomic E-state index is 12.7. The van der Waals surface area contributed by atoms with Gasteiger partial charge >= 0.3 is 5.63 Å². The molecule has 3 N–H and O–H groups in total. The Morgan fingerprint density at radius 2 is 2.11 bits per heavy atom. The number of nitrogens with one attached hydrogen (secondary N) is 3. The lowest BCUT2D eigenvalue weighted by Gasteiger charge is -2.26. The number of aromatic nitrogens is 3. The van der Waals surface area contributed by atoms with Crippen LogP contribution in [0.5, 0.6) is 0 Å². The molecule has 4 aromatic rings. The van der Waals surface area contributed by atoms with Gasteiger partial charge in [0.1, 0.15) is 11.1 Å². The molecule has 1 aliphatic heterocycles. The first-order valence-corrected chi connectivity index (χ1v) is 12.0. The van der Waals surface area contributed by atoms with Crippen molar-refractivity contribution >= 4 is 44.9 Å². The summed E-state index contributed by atoms with van der Waals surface area (Å²) >= 11 is 1.52. The van der Waals surface area contributed by atoms with E-state index in [2.05, 4.69) is 30.9 Å². The third-order valence-corrected chi connectivity index (χ3v) is 6.90. The van der Waals surface area contributed by atoms with E-state index in [1.54, 1.807) is 12.3 Å². The molecule has 1 atom stereocenters. The van der Waals surface area contributed by atoms with Crippen molar-refractivity contribution in [3.05, 3.63) is 57.7 Å². The second-order valence-corrected chi connectivity index (χ2v) is 9.08. The van der Waals surface area contributed by atoms with Crippen LogP contribution in [0, 0.1) is 6.92 Å². The highest BCUT2D eigenvalue weighted by Gasteiger charge is 2.27. The zero-order chi connectivity index (χ0) is 24.5. The monoisotopic (exact) mass is 492 g/mol. The maximum absolute atomic E-state index is 12.7. The van der Waals surface area contributed by atoms with E-state index in [0.29, 0.717) is 41.3 Å². The van der Waals surface area contributed by atoms with Crippen molar-refractivity contribution in [3.63, 3.8) is 0 Å². The maximum Gasteiger partial charge on any atom is 0.347 e. The fourth-order valence-electron chi connectivity index (χ4n) is 4.14. The minimum absolute atomic E-state index is 0.0313. The summed E-state index contributed by atoms with van der Waals surface area (Å²) in [5, 5.41) is 10.9. The van der Waals surface area contributed by atoms with Crippen LogP contribution in [0.3, 0.4) is 0 Å². The molecule has 1 saturated heterocycles. The van der Waals surface area contributed by atoms with Crippen molar-refractivity contribution in [2.24, 2.45) is 0 Å².